The lowest BCUT2D eigenvalue weighted by atomic mass is 9.78. The number of hydrogen-bond donors (Lipinski definition) is 2. The van der Waals surface area contributed by atoms with E-state index in [9.17, 15) is 26.7 Å². The SMILES string of the molecule is COc1cnc(OC(=O)Nc2cc(F)c(F)c([C@]34CO[C@H](C(F)(F)F)[C@H]3CSC(N)=N4)c2)cn1. The summed E-state index contributed by atoms with van der Waals surface area (Å²) in [6.45, 7) is -0.686. The second kappa shape index (κ2) is 8.87. The molecule has 4 rings (SSSR count). The summed E-state index contributed by atoms with van der Waals surface area (Å²) in [6.07, 6.45) is -5.89. The van der Waals surface area contributed by atoms with E-state index in [4.69, 9.17) is 19.9 Å². The highest BCUT2D eigenvalue weighted by atomic mass is 32.2. The van der Waals surface area contributed by atoms with Crippen molar-refractivity contribution in [1.82, 2.24) is 9.97 Å². The van der Waals surface area contributed by atoms with Crippen molar-refractivity contribution in [2.45, 2.75) is 17.8 Å². The Morgan fingerprint density at radius 3 is 2.62 bits per heavy atom. The smallest absolute Gasteiger partial charge is 0.418 e. The lowest BCUT2D eigenvalue weighted by Crippen LogP contribution is -2.46. The molecule has 0 spiro atoms. The monoisotopic (exact) mass is 505 g/mol. The van der Waals surface area contributed by atoms with Gasteiger partial charge >= 0.3 is 12.3 Å². The summed E-state index contributed by atoms with van der Waals surface area (Å²) in [6, 6.07) is 1.62. The number of aliphatic imine (C=N–C) groups is 1. The molecule has 15 heteroatoms. The zero-order chi connectivity index (χ0) is 24.7. The van der Waals surface area contributed by atoms with Crippen molar-refractivity contribution in [3.8, 4) is 11.8 Å². The van der Waals surface area contributed by atoms with Gasteiger partial charge in [0.05, 0.1) is 26.1 Å². The van der Waals surface area contributed by atoms with Crippen LogP contribution in [-0.4, -0.2) is 53.0 Å². The summed E-state index contributed by atoms with van der Waals surface area (Å²) in [5, 5.41) is 2.08. The van der Waals surface area contributed by atoms with Gasteiger partial charge in [0, 0.05) is 29.0 Å². The van der Waals surface area contributed by atoms with Gasteiger partial charge in [-0.2, -0.15) is 13.2 Å². The van der Waals surface area contributed by atoms with Crippen molar-refractivity contribution in [3.05, 3.63) is 41.7 Å². The number of nitrogens with one attached hydrogen (secondary N) is 1. The minimum Gasteiger partial charge on any atom is -0.480 e. The predicted molar refractivity (Wildman–Crippen MR) is 110 cm³/mol. The van der Waals surface area contributed by atoms with E-state index in [1.165, 1.54) is 13.3 Å². The van der Waals surface area contributed by atoms with E-state index in [0.29, 0.717) is 6.07 Å². The van der Waals surface area contributed by atoms with E-state index in [1.54, 1.807) is 0 Å². The number of thioether (sulfide) groups is 1. The van der Waals surface area contributed by atoms with Crippen LogP contribution in [0.3, 0.4) is 0 Å². The van der Waals surface area contributed by atoms with Gasteiger partial charge in [-0.1, -0.05) is 11.8 Å². The third-order valence-electron chi connectivity index (χ3n) is 5.26. The summed E-state index contributed by atoms with van der Waals surface area (Å²) in [5.74, 6) is -4.48. The van der Waals surface area contributed by atoms with Crippen LogP contribution in [0.4, 0.5) is 32.4 Å². The van der Waals surface area contributed by atoms with E-state index in [-0.39, 0.29) is 28.4 Å². The topological polar surface area (TPSA) is 121 Å². The molecule has 0 radical (unpaired) electrons. The number of amidine groups is 1. The molecule has 2 aliphatic heterocycles. The number of nitrogens with two attached hydrogens (primary N) is 1. The van der Waals surface area contributed by atoms with Crippen molar-refractivity contribution in [2.75, 3.05) is 24.8 Å². The first kappa shape index (κ1) is 23.9. The first-order valence-corrected chi connectivity index (χ1v) is 10.5. The Labute approximate surface area is 192 Å². The molecule has 3 heterocycles. The van der Waals surface area contributed by atoms with Crippen LogP contribution in [-0.2, 0) is 10.3 Å². The molecule has 1 saturated heterocycles. The second-order valence-corrected chi connectivity index (χ2v) is 8.34. The number of carbonyl (C=O) groups is 1. The molecule has 0 bridgehead atoms. The number of aromatic nitrogens is 2. The number of fused-ring (bicyclic) bond motifs is 1. The molecule has 1 aromatic heterocycles. The van der Waals surface area contributed by atoms with Crippen LogP contribution >= 0.6 is 11.8 Å². The van der Waals surface area contributed by atoms with Crippen molar-refractivity contribution < 1.29 is 41.0 Å². The molecule has 2 aliphatic rings. The zero-order valence-corrected chi connectivity index (χ0v) is 18.0. The predicted octanol–water partition coefficient (Wildman–Crippen LogP) is 3.21. The van der Waals surface area contributed by atoms with Crippen molar-refractivity contribution in [3.63, 3.8) is 0 Å². The highest BCUT2D eigenvalue weighted by molar-refractivity contribution is 8.13. The van der Waals surface area contributed by atoms with Crippen molar-refractivity contribution in [2.24, 2.45) is 16.6 Å². The number of rotatable bonds is 4. The van der Waals surface area contributed by atoms with E-state index in [1.807, 2.05) is 0 Å². The lowest BCUT2D eigenvalue weighted by Gasteiger charge is -2.36. The van der Waals surface area contributed by atoms with Gasteiger partial charge in [0.25, 0.3) is 0 Å². The number of nitrogens with zero attached hydrogens (tertiary/aromatic N) is 3. The van der Waals surface area contributed by atoms with Gasteiger partial charge in [-0.15, -0.1) is 0 Å². The Bertz CT molecular complexity index is 1130. The molecule has 34 heavy (non-hydrogen) atoms. The lowest BCUT2D eigenvalue weighted by molar-refractivity contribution is -0.215. The molecular weight excluding hydrogens is 489 g/mol. The fourth-order valence-electron chi connectivity index (χ4n) is 3.77. The maximum Gasteiger partial charge on any atom is 0.418 e. The fraction of sp³-hybridized carbons (Fsp3) is 0.368. The maximum atomic E-state index is 14.9. The van der Waals surface area contributed by atoms with Crippen LogP contribution in [0.15, 0.2) is 29.5 Å². The third kappa shape index (κ3) is 4.44. The third-order valence-corrected chi connectivity index (χ3v) is 6.17. The number of halogens is 5. The highest BCUT2D eigenvalue weighted by Gasteiger charge is 2.62. The number of hydrogen-bond acceptors (Lipinski definition) is 9. The molecular formula is C19H16F5N5O4S. The number of amides is 1. The maximum absolute atomic E-state index is 14.9. The van der Waals surface area contributed by atoms with Crippen molar-refractivity contribution in [1.29, 1.82) is 0 Å². The van der Waals surface area contributed by atoms with E-state index in [0.717, 1.165) is 24.0 Å². The Morgan fingerprint density at radius 1 is 1.26 bits per heavy atom. The Kier molecular flexibility index (Phi) is 6.24. The first-order valence-electron chi connectivity index (χ1n) is 9.54. The average Bonchev–Trinajstić information content (AvgIpc) is 3.16. The number of benzene rings is 1. The molecule has 182 valence electrons. The second-order valence-electron chi connectivity index (χ2n) is 7.30. The number of alkyl halides is 3. The van der Waals surface area contributed by atoms with Gasteiger partial charge in [-0.3, -0.25) is 5.32 Å². The zero-order valence-electron chi connectivity index (χ0n) is 17.2. The molecule has 0 unspecified atom stereocenters. The van der Waals surface area contributed by atoms with E-state index >= 15 is 0 Å². The van der Waals surface area contributed by atoms with Crippen LogP contribution in [0, 0.1) is 17.6 Å². The Morgan fingerprint density at radius 2 is 1.97 bits per heavy atom. The van der Waals surface area contributed by atoms with Gasteiger partial charge in [-0.25, -0.2) is 28.5 Å². The van der Waals surface area contributed by atoms with E-state index in [2.05, 4.69) is 20.3 Å². The average molecular weight is 505 g/mol. The largest absolute Gasteiger partial charge is 0.480 e. The number of anilines is 1. The summed E-state index contributed by atoms with van der Waals surface area (Å²) < 4.78 is 84.7. The summed E-state index contributed by atoms with van der Waals surface area (Å²) in [5.41, 5.74) is 2.96. The molecule has 3 atom stereocenters. The van der Waals surface area contributed by atoms with Gasteiger partial charge < -0.3 is 19.9 Å². The summed E-state index contributed by atoms with van der Waals surface area (Å²) in [4.78, 5) is 23.8. The molecule has 0 saturated carbocycles. The number of methoxy groups -OCH3 is 1. The molecule has 1 amide bonds. The van der Waals surface area contributed by atoms with Crippen LogP contribution in [0.25, 0.3) is 0 Å². The molecule has 0 aliphatic carbocycles. The Balaban J connectivity index is 1.65. The van der Waals surface area contributed by atoms with E-state index < -0.39 is 53.6 Å². The summed E-state index contributed by atoms with van der Waals surface area (Å²) in [7, 11) is 1.36. The fourth-order valence-corrected chi connectivity index (χ4v) is 4.80. The van der Waals surface area contributed by atoms with Crippen LogP contribution in [0.1, 0.15) is 5.56 Å². The summed E-state index contributed by atoms with van der Waals surface area (Å²) >= 11 is 0.856. The number of carbonyl (C=O) groups excluding carboxylic acids is 1. The molecule has 1 aromatic carbocycles. The Hall–Kier alpha value is -3.20. The van der Waals surface area contributed by atoms with Gasteiger partial charge in [0.2, 0.25) is 11.8 Å². The molecule has 1 fully saturated rings. The van der Waals surface area contributed by atoms with Crippen LogP contribution in [0.2, 0.25) is 0 Å². The molecule has 2 aromatic rings. The van der Waals surface area contributed by atoms with Crippen LogP contribution in [0.5, 0.6) is 11.8 Å². The van der Waals surface area contributed by atoms with Gasteiger partial charge in [-0.05, 0) is 6.07 Å². The molecule has 9 nitrogen and oxygen atoms in total. The van der Waals surface area contributed by atoms with Gasteiger partial charge in [0.1, 0.15) is 5.54 Å². The normalized spacial score (nSPS) is 24.2. The number of ether oxygens (including phenoxy) is 3. The first-order chi connectivity index (χ1) is 16.0. The molecule has 3 N–H and O–H groups in total. The standard InChI is InChI=1S/C19H16F5N5O4S/c1-31-12-4-27-13(5-26-12)33-17(30)28-8-2-9(14(21)11(20)3-8)18-7-32-15(19(22,23)24)10(18)6-34-16(25)29-18/h2-5,10,15H,6-7H2,1H3,(H2,25,29)(H,28,30)/t10-,15+,18-/m1/s1. The van der Waals surface area contributed by atoms with Crippen molar-refractivity contribution >= 4 is 28.7 Å². The minimum atomic E-state index is -4.76. The van der Waals surface area contributed by atoms with Gasteiger partial charge in [0.15, 0.2) is 22.9 Å². The van der Waals surface area contributed by atoms with Crippen LogP contribution < -0.4 is 20.5 Å². The quantitative estimate of drug-likeness (QED) is 0.608. The minimum absolute atomic E-state index is 0.0988. The highest BCUT2D eigenvalue weighted by Crippen LogP contribution is 2.52.